The van der Waals surface area contributed by atoms with Crippen LogP contribution < -0.4 is 0 Å². The molecule has 1 aromatic carbocycles. The SMILES string of the molecule is c1ccc2c(c1)cc1nn[nH]n12. The number of hydrogen-bond donors (Lipinski definition) is 1. The predicted octanol–water partition coefficient (Wildman–Crippen LogP) is 1.21. The molecule has 1 N–H and O–H groups in total. The zero-order chi connectivity index (χ0) is 7.97. The van der Waals surface area contributed by atoms with Gasteiger partial charge in [-0.05, 0) is 12.1 Å². The second-order valence-electron chi connectivity index (χ2n) is 2.70. The Kier molecular flexibility index (Phi) is 0.889. The van der Waals surface area contributed by atoms with Crippen LogP contribution in [-0.4, -0.2) is 20.0 Å². The van der Waals surface area contributed by atoms with Crippen LogP contribution in [0.1, 0.15) is 0 Å². The third kappa shape index (κ3) is 0.567. The molecule has 0 aliphatic rings. The van der Waals surface area contributed by atoms with Crippen LogP contribution in [0.5, 0.6) is 0 Å². The summed E-state index contributed by atoms with van der Waals surface area (Å²) in [6, 6.07) is 10.1. The van der Waals surface area contributed by atoms with Gasteiger partial charge in [-0.25, -0.2) is 4.52 Å². The van der Waals surface area contributed by atoms with E-state index >= 15 is 0 Å². The third-order valence-electron chi connectivity index (χ3n) is 1.99. The second-order valence-corrected chi connectivity index (χ2v) is 2.70. The van der Waals surface area contributed by atoms with Gasteiger partial charge in [-0.15, -0.1) is 5.10 Å². The lowest BCUT2D eigenvalue weighted by molar-refractivity contribution is 0.843. The van der Waals surface area contributed by atoms with Crippen molar-refractivity contribution in [1.29, 1.82) is 0 Å². The maximum atomic E-state index is 3.91. The topological polar surface area (TPSA) is 46.0 Å². The molecule has 0 radical (unpaired) electrons. The number of aromatic amines is 1. The second kappa shape index (κ2) is 1.85. The van der Waals surface area contributed by atoms with Crippen LogP contribution in [0.25, 0.3) is 16.6 Å². The Bertz CT molecular complexity index is 533. The average Bonchev–Trinajstić information content (AvgIpc) is 2.62. The lowest BCUT2D eigenvalue weighted by Crippen LogP contribution is -1.82. The van der Waals surface area contributed by atoms with Crippen molar-refractivity contribution in [3.05, 3.63) is 30.3 Å². The van der Waals surface area contributed by atoms with Crippen molar-refractivity contribution in [3.8, 4) is 0 Å². The van der Waals surface area contributed by atoms with Crippen molar-refractivity contribution >= 4 is 16.6 Å². The molecule has 3 aromatic rings. The summed E-state index contributed by atoms with van der Waals surface area (Å²) >= 11 is 0. The van der Waals surface area contributed by atoms with Crippen LogP contribution in [0.2, 0.25) is 0 Å². The van der Waals surface area contributed by atoms with Gasteiger partial charge in [0, 0.05) is 5.39 Å². The highest BCUT2D eigenvalue weighted by Gasteiger charge is 2.02. The van der Waals surface area contributed by atoms with Crippen LogP contribution in [0.4, 0.5) is 0 Å². The summed E-state index contributed by atoms with van der Waals surface area (Å²) in [5.74, 6) is 0. The number of nitrogens with zero attached hydrogens (tertiary/aromatic N) is 3. The summed E-state index contributed by atoms with van der Waals surface area (Å²) in [6.07, 6.45) is 0. The summed E-state index contributed by atoms with van der Waals surface area (Å²) in [7, 11) is 0. The van der Waals surface area contributed by atoms with Gasteiger partial charge in [0.25, 0.3) is 0 Å². The Morgan fingerprint density at radius 2 is 2.17 bits per heavy atom. The smallest absolute Gasteiger partial charge is 0.178 e. The zero-order valence-corrected chi connectivity index (χ0v) is 6.23. The van der Waals surface area contributed by atoms with E-state index in [0.717, 1.165) is 11.2 Å². The first-order valence-electron chi connectivity index (χ1n) is 3.72. The van der Waals surface area contributed by atoms with Crippen LogP contribution in [0.15, 0.2) is 30.3 Å². The van der Waals surface area contributed by atoms with E-state index in [9.17, 15) is 0 Å². The molecule has 0 unspecified atom stereocenters. The lowest BCUT2D eigenvalue weighted by atomic mass is 10.3. The molecule has 0 saturated heterocycles. The predicted molar refractivity (Wildman–Crippen MR) is 44.8 cm³/mol. The number of benzene rings is 1. The molecule has 2 aromatic heterocycles. The minimum absolute atomic E-state index is 0.858. The summed E-state index contributed by atoms with van der Waals surface area (Å²) in [5, 5.41) is 11.6. The van der Waals surface area contributed by atoms with Crippen molar-refractivity contribution in [2.45, 2.75) is 0 Å². The Balaban J connectivity index is 2.68. The zero-order valence-electron chi connectivity index (χ0n) is 6.23. The Morgan fingerprint density at radius 1 is 1.25 bits per heavy atom. The molecule has 0 atom stereocenters. The standard InChI is InChI=1S/C8H6N4/c1-2-4-7-6(3-1)5-8-9-10-11-12(7)8/h1-5H,(H,9,11). The quantitative estimate of drug-likeness (QED) is 0.534. The van der Waals surface area contributed by atoms with Crippen molar-refractivity contribution in [2.24, 2.45) is 0 Å². The fourth-order valence-corrected chi connectivity index (χ4v) is 1.44. The van der Waals surface area contributed by atoms with E-state index in [1.54, 1.807) is 0 Å². The lowest BCUT2D eigenvalue weighted by Gasteiger charge is -1.87. The molecule has 12 heavy (non-hydrogen) atoms. The first kappa shape index (κ1) is 5.77. The fraction of sp³-hybridized carbons (Fsp3) is 0. The minimum Gasteiger partial charge on any atom is -0.218 e. The number of nitrogens with one attached hydrogen (secondary N) is 1. The van der Waals surface area contributed by atoms with Crippen LogP contribution in [-0.2, 0) is 0 Å². The molecule has 0 aliphatic carbocycles. The van der Waals surface area contributed by atoms with Crippen molar-refractivity contribution in [2.75, 3.05) is 0 Å². The van der Waals surface area contributed by atoms with Gasteiger partial charge >= 0.3 is 0 Å². The van der Waals surface area contributed by atoms with Crippen molar-refractivity contribution in [3.63, 3.8) is 0 Å². The van der Waals surface area contributed by atoms with E-state index in [1.807, 2.05) is 28.8 Å². The van der Waals surface area contributed by atoms with Crippen LogP contribution in [0.3, 0.4) is 0 Å². The van der Waals surface area contributed by atoms with Gasteiger partial charge in [-0.1, -0.05) is 23.4 Å². The number of aromatic nitrogens is 4. The normalized spacial score (nSPS) is 11.3. The van der Waals surface area contributed by atoms with E-state index in [1.165, 1.54) is 5.39 Å². The molecule has 0 spiro atoms. The van der Waals surface area contributed by atoms with Gasteiger partial charge in [0.05, 0.1) is 5.52 Å². The maximum Gasteiger partial charge on any atom is 0.178 e. The van der Waals surface area contributed by atoms with Gasteiger partial charge in [0.15, 0.2) is 5.65 Å². The number of H-pyrrole nitrogens is 1. The Morgan fingerprint density at radius 3 is 3.17 bits per heavy atom. The number of fused-ring (bicyclic) bond motifs is 3. The molecule has 4 nitrogen and oxygen atoms in total. The minimum atomic E-state index is 0.858. The summed E-state index contributed by atoms with van der Waals surface area (Å²) in [5.41, 5.74) is 1.97. The van der Waals surface area contributed by atoms with Crippen LogP contribution >= 0.6 is 0 Å². The van der Waals surface area contributed by atoms with Crippen LogP contribution in [0, 0.1) is 0 Å². The third-order valence-corrected chi connectivity index (χ3v) is 1.99. The van der Waals surface area contributed by atoms with E-state index in [0.29, 0.717) is 0 Å². The van der Waals surface area contributed by atoms with E-state index in [-0.39, 0.29) is 0 Å². The Labute approximate surface area is 67.8 Å². The molecule has 0 saturated carbocycles. The highest BCUT2D eigenvalue weighted by atomic mass is 15.5. The fourth-order valence-electron chi connectivity index (χ4n) is 1.44. The molecular formula is C8H6N4. The molecular weight excluding hydrogens is 152 g/mol. The largest absolute Gasteiger partial charge is 0.218 e. The average molecular weight is 158 g/mol. The van der Waals surface area contributed by atoms with Crippen molar-refractivity contribution < 1.29 is 0 Å². The van der Waals surface area contributed by atoms with E-state index in [2.05, 4.69) is 21.6 Å². The first-order valence-corrected chi connectivity index (χ1v) is 3.72. The molecule has 0 amide bonds. The van der Waals surface area contributed by atoms with Gasteiger partial charge in [-0.2, -0.15) is 5.21 Å². The van der Waals surface area contributed by atoms with Gasteiger partial charge in [0.2, 0.25) is 0 Å². The molecule has 4 heteroatoms. The number of tetrazole rings is 1. The van der Waals surface area contributed by atoms with Gasteiger partial charge in [0.1, 0.15) is 0 Å². The van der Waals surface area contributed by atoms with Crippen molar-refractivity contribution in [1.82, 2.24) is 20.0 Å². The number of para-hydroxylation sites is 1. The molecule has 58 valence electrons. The highest BCUT2D eigenvalue weighted by molar-refractivity contribution is 5.85. The molecule has 3 rings (SSSR count). The van der Waals surface area contributed by atoms with Gasteiger partial charge in [-0.3, -0.25) is 0 Å². The number of rotatable bonds is 0. The molecule has 0 aliphatic heterocycles. The van der Waals surface area contributed by atoms with E-state index < -0.39 is 0 Å². The summed E-state index contributed by atoms with van der Waals surface area (Å²) in [6.45, 7) is 0. The summed E-state index contributed by atoms with van der Waals surface area (Å²) < 4.78 is 1.86. The van der Waals surface area contributed by atoms with Gasteiger partial charge < -0.3 is 0 Å². The monoisotopic (exact) mass is 158 g/mol. The molecule has 2 heterocycles. The van der Waals surface area contributed by atoms with E-state index in [4.69, 9.17) is 0 Å². The first-order chi connectivity index (χ1) is 5.95. The maximum absolute atomic E-state index is 3.91. The highest BCUT2D eigenvalue weighted by Crippen LogP contribution is 2.16. The Hall–Kier alpha value is -1.84. The molecule has 0 bridgehead atoms. The summed E-state index contributed by atoms with van der Waals surface area (Å²) in [4.78, 5) is 0. The molecule has 0 fully saturated rings. The number of hydrogen-bond acceptors (Lipinski definition) is 2.